The van der Waals surface area contributed by atoms with E-state index in [4.69, 9.17) is 16.6 Å². The number of aromatic nitrogens is 1. The lowest BCUT2D eigenvalue weighted by atomic mass is 10.1. The Kier molecular flexibility index (Phi) is 6.06. The number of pyridine rings is 1. The first-order valence-electron chi connectivity index (χ1n) is 10.1. The largest absolute Gasteiger partial charge is 0.478 e. The predicted molar refractivity (Wildman–Crippen MR) is 122 cm³/mol. The van der Waals surface area contributed by atoms with E-state index in [1.165, 1.54) is 0 Å². The van der Waals surface area contributed by atoms with E-state index in [0.29, 0.717) is 33.0 Å². The average molecular weight is 439 g/mol. The summed E-state index contributed by atoms with van der Waals surface area (Å²) in [6.07, 6.45) is 0.992. The molecule has 4 rings (SSSR count). The Morgan fingerprint density at radius 2 is 1.84 bits per heavy atom. The van der Waals surface area contributed by atoms with E-state index in [9.17, 15) is 14.7 Å². The van der Waals surface area contributed by atoms with Crippen LogP contribution in [-0.4, -0.2) is 60.1 Å². The first-order valence-corrected chi connectivity index (χ1v) is 10.5. The van der Waals surface area contributed by atoms with Crippen molar-refractivity contribution >= 4 is 45.9 Å². The van der Waals surface area contributed by atoms with E-state index in [1.807, 2.05) is 0 Å². The Morgan fingerprint density at radius 1 is 1.03 bits per heavy atom. The monoisotopic (exact) mass is 438 g/mol. The summed E-state index contributed by atoms with van der Waals surface area (Å²) >= 11 is 6.10. The maximum Gasteiger partial charge on any atom is 0.336 e. The number of carbonyl (C=O) groups excluding carboxylic acids is 1. The van der Waals surface area contributed by atoms with Gasteiger partial charge >= 0.3 is 5.97 Å². The van der Waals surface area contributed by atoms with Crippen LogP contribution in [0.1, 0.15) is 27.1 Å². The van der Waals surface area contributed by atoms with E-state index in [1.54, 1.807) is 48.5 Å². The fourth-order valence-corrected chi connectivity index (χ4v) is 3.97. The predicted octanol–water partition coefficient (Wildman–Crippen LogP) is 3.98. The molecule has 8 heteroatoms. The van der Waals surface area contributed by atoms with Gasteiger partial charge in [0.25, 0.3) is 5.91 Å². The van der Waals surface area contributed by atoms with Crippen molar-refractivity contribution in [2.45, 2.75) is 6.42 Å². The summed E-state index contributed by atoms with van der Waals surface area (Å²) in [5.41, 5.74) is 1.56. The molecule has 7 nitrogen and oxygen atoms in total. The van der Waals surface area contributed by atoms with Gasteiger partial charge in [0, 0.05) is 30.7 Å². The number of nitrogens with one attached hydrogen (secondary N) is 1. The van der Waals surface area contributed by atoms with Gasteiger partial charge in [-0.1, -0.05) is 23.7 Å². The molecule has 0 saturated carbocycles. The van der Waals surface area contributed by atoms with Crippen LogP contribution in [-0.2, 0) is 0 Å². The summed E-state index contributed by atoms with van der Waals surface area (Å²) in [4.78, 5) is 33.7. The summed E-state index contributed by atoms with van der Waals surface area (Å²) in [6.45, 7) is 3.52. The highest BCUT2D eigenvalue weighted by Gasteiger charge is 2.19. The van der Waals surface area contributed by atoms with Crippen LogP contribution in [0.2, 0.25) is 5.02 Å². The third-order valence-corrected chi connectivity index (χ3v) is 5.78. The lowest BCUT2D eigenvalue weighted by Crippen LogP contribution is -2.29. The van der Waals surface area contributed by atoms with Gasteiger partial charge < -0.3 is 20.2 Å². The van der Waals surface area contributed by atoms with Crippen molar-refractivity contribution in [2.75, 3.05) is 43.4 Å². The number of hydrogen-bond donors (Lipinski definition) is 2. The van der Waals surface area contributed by atoms with E-state index in [-0.39, 0.29) is 11.5 Å². The van der Waals surface area contributed by atoms with Crippen molar-refractivity contribution in [3.63, 3.8) is 0 Å². The number of carboxylic acids is 1. The molecule has 0 atom stereocenters. The maximum absolute atomic E-state index is 12.6. The van der Waals surface area contributed by atoms with Gasteiger partial charge in [0.15, 0.2) is 0 Å². The van der Waals surface area contributed by atoms with Crippen LogP contribution < -0.4 is 10.2 Å². The molecule has 1 aliphatic heterocycles. The first kappa shape index (κ1) is 21.1. The SMILES string of the molecule is CN1CCCN(c2cc(C(=O)O)c3cc(NC(=O)c4ccccc4Cl)ccc3n2)CC1. The zero-order valence-corrected chi connectivity index (χ0v) is 17.9. The smallest absolute Gasteiger partial charge is 0.336 e. The topological polar surface area (TPSA) is 85.8 Å². The Labute approximate surface area is 185 Å². The lowest BCUT2D eigenvalue weighted by Gasteiger charge is -2.22. The molecule has 1 aliphatic rings. The quantitative estimate of drug-likeness (QED) is 0.640. The van der Waals surface area contributed by atoms with Gasteiger partial charge in [0.05, 0.1) is 21.7 Å². The van der Waals surface area contributed by atoms with Gasteiger partial charge in [-0.25, -0.2) is 9.78 Å². The number of halogens is 1. The summed E-state index contributed by atoms with van der Waals surface area (Å²) in [5.74, 6) is -0.733. The van der Waals surface area contributed by atoms with E-state index in [0.717, 1.165) is 32.6 Å². The minimum absolute atomic E-state index is 0.159. The number of anilines is 2. The second kappa shape index (κ2) is 8.91. The Morgan fingerprint density at radius 3 is 2.61 bits per heavy atom. The number of nitrogens with zero attached hydrogens (tertiary/aromatic N) is 3. The molecule has 2 aromatic carbocycles. The van der Waals surface area contributed by atoms with Crippen LogP contribution in [0.3, 0.4) is 0 Å². The number of carbonyl (C=O) groups is 2. The highest BCUT2D eigenvalue weighted by molar-refractivity contribution is 6.34. The van der Waals surface area contributed by atoms with Crippen molar-refractivity contribution in [3.05, 3.63) is 64.7 Å². The molecular weight excluding hydrogens is 416 g/mol. The van der Waals surface area contributed by atoms with Crippen LogP contribution in [0.4, 0.5) is 11.5 Å². The molecule has 0 radical (unpaired) electrons. The number of rotatable bonds is 4. The van der Waals surface area contributed by atoms with Crippen molar-refractivity contribution in [2.24, 2.45) is 0 Å². The third kappa shape index (κ3) is 4.62. The zero-order valence-electron chi connectivity index (χ0n) is 17.1. The minimum Gasteiger partial charge on any atom is -0.478 e. The number of amides is 1. The number of likely N-dealkylation sites (N-methyl/N-ethyl adjacent to an activating group) is 1. The molecule has 0 spiro atoms. The molecule has 1 amide bonds. The van der Waals surface area contributed by atoms with Gasteiger partial charge in [-0.05, 0) is 56.4 Å². The second-order valence-corrected chi connectivity index (χ2v) is 8.05. The van der Waals surface area contributed by atoms with Crippen LogP contribution in [0.25, 0.3) is 10.9 Å². The average Bonchev–Trinajstić information content (AvgIpc) is 2.97. The standard InChI is InChI=1S/C23H23ClN4O3/c1-27-9-4-10-28(12-11-27)21-14-18(23(30)31)17-13-15(7-8-20(17)26-21)25-22(29)16-5-2-3-6-19(16)24/h2-3,5-8,13-14H,4,9-12H2,1H3,(H,25,29)(H,30,31). The normalized spacial score (nSPS) is 15.0. The lowest BCUT2D eigenvalue weighted by molar-refractivity contribution is 0.0698. The number of benzene rings is 2. The summed E-state index contributed by atoms with van der Waals surface area (Å²) in [7, 11) is 2.08. The molecular formula is C23H23ClN4O3. The fourth-order valence-electron chi connectivity index (χ4n) is 3.75. The van der Waals surface area contributed by atoms with Crippen LogP contribution in [0.15, 0.2) is 48.5 Å². The van der Waals surface area contributed by atoms with E-state index < -0.39 is 5.97 Å². The highest BCUT2D eigenvalue weighted by Crippen LogP contribution is 2.27. The van der Waals surface area contributed by atoms with Crippen molar-refractivity contribution in [1.29, 1.82) is 0 Å². The van der Waals surface area contributed by atoms with Crippen LogP contribution >= 0.6 is 11.6 Å². The second-order valence-electron chi connectivity index (χ2n) is 7.64. The Balaban J connectivity index is 1.67. The van der Waals surface area contributed by atoms with Crippen molar-refractivity contribution in [1.82, 2.24) is 9.88 Å². The molecule has 1 fully saturated rings. The number of aromatic carboxylic acids is 1. The molecule has 31 heavy (non-hydrogen) atoms. The first-order chi connectivity index (χ1) is 14.9. The fraction of sp³-hybridized carbons (Fsp3) is 0.261. The number of fused-ring (bicyclic) bond motifs is 1. The van der Waals surface area contributed by atoms with E-state index in [2.05, 4.69) is 22.2 Å². The summed E-state index contributed by atoms with van der Waals surface area (Å²) < 4.78 is 0. The van der Waals surface area contributed by atoms with Gasteiger partial charge in [0.1, 0.15) is 5.82 Å². The third-order valence-electron chi connectivity index (χ3n) is 5.45. The van der Waals surface area contributed by atoms with Crippen LogP contribution in [0.5, 0.6) is 0 Å². The molecule has 0 aliphatic carbocycles. The van der Waals surface area contributed by atoms with Gasteiger partial charge in [0.2, 0.25) is 0 Å². The zero-order chi connectivity index (χ0) is 22.0. The molecule has 160 valence electrons. The minimum atomic E-state index is -1.03. The molecule has 2 heterocycles. The summed E-state index contributed by atoms with van der Waals surface area (Å²) in [5, 5.41) is 13.4. The Bertz CT molecular complexity index is 1150. The molecule has 1 aromatic heterocycles. The van der Waals surface area contributed by atoms with Gasteiger partial charge in [-0.2, -0.15) is 0 Å². The van der Waals surface area contributed by atoms with Crippen molar-refractivity contribution < 1.29 is 14.7 Å². The number of carboxylic acid groups (broad SMARTS) is 1. The molecule has 0 unspecified atom stereocenters. The van der Waals surface area contributed by atoms with Crippen molar-refractivity contribution in [3.8, 4) is 0 Å². The molecule has 1 saturated heterocycles. The summed E-state index contributed by atoms with van der Waals surface area (Å²) in [6, 6.07) is 13.5. The highest BCUT2D eigenvalue weighted by atomic mass is 35.5. The van der Waals surface area contributed by atoms with Crippen LogP contribution in [0, 0.1) is 0 Å². The maximum atomic E-state index is 12.6. The van der Waals surface area contributed by atoms with Gasteiger partial charge in [-0.15, -0.1) is 0 Å². The van der Waals surface area contributed by atoms with E-state index >= 15 is 0 Å². The van der Waals surface area contributed by atoms with Gasteiger partial charge in [-0.3, -0.25) is 4.79 Å². The molecule has 2 N–H and O–H groups in total. The Hall–Kier alpha value is -3.16. The molecule has 3 aromatic rings. The molecule has 0 bridgehead atoms. The number of hydrogen-bond acceptors (Lipinski definition) is 5.